The first kappa shape index (κ1) is 13.4. The van der Waals surface area contributed by atoms with Gasteiger partial charge in [0.2, 0.25) is 10.0 Å². The van der Waals surface area contributed by atoms with Crippen molar-refractivity contribution in [3.05, 3.63) is 29.8 Å². The molecule has 1 aromatic rings. The van der Waals surface area contributed by atoms with E-state index in [0.29, 0.717) is 5.69 Å². The summed E-state index contributed by atoms with van der Waals surface area (Å²) in [5.74, 6) is 0. The third kappa shape index (κ3) is 3.03. The Morgan fingerprint density at radius 2 is 2.00 bits per heavy atom. The summed E-state index contributed by atoms with van der Waals surface area (Å²) in [5.41, 5.74) is 7.33. The average molecular weight is 268 g/mol. The summed E-state index contributed by atoms with van der Waals surface area (Å²) in [7, 11) is -3.25. The summed E-state index contributed by atoms with van der Waals surface area (Å²) < 4.78 is 27.0. The highest BCUT2D eigenvalue weighted by Gasteiger charge is 2.28. The van der Waals surface area contributed by atoms with E-state index in [1.54, 1.807) is 12.1 Å². The second-order valence-electron chi connectivity index (χ2n) is 4.97. The number of hydrogen-bond donors (Lipinski definition) is 2. The van der Waals surface area contributed by atoms with E-state index in [9.17, 15) is 8.42 Å². The fraction of sp³-hybridized carbons (Fsp3) is 0.538. The van der Waals surface area contributed by atoms with Crippen LogP contribution in [-0.2, 0) is 10.0 Å². The van der Waals surface area contributed by atoms with Crippen LogP contribution in [0.1, 0.15) is 44.2 Å². The summed E-state index contributed by atoms with van der Waals surface area (Å²) >= 11 is 0. The number of benzene rings is 1. The third-order valence-corrected chi connectivity index (χ3v) is 5.28. The van der Waals surface area contributed by atoms with Gasteiger partial charge in [0, 0.05) is 11.7 Å². The molecule has 1 fully saturated rings. The molecule has 0 heterocycles. The zero-order valence-electron chi connectivity index (χ0n) is 10.6. The fourth-order valence-electron chi connectivity index (χ4n) is 2.33. The van der Waals surface area contributed by atoms with Crippen LogP contribution in [0.2, 0.25) is 0 Å². The lowest BCUT2D eigenvalue weighted by atomic mass is 10.1. The molecule has 1 saturated carbocycles. The summed E-state index contributed by atoms with van der Waals surface area (Å²) in [6, 6.07) is 7.19. The van der Waals surface area contributed by atoms with Crippen LogP contribution >= 0.6 is 0 Å². The van der Waals surface area contributed by atoms with E-state index >= 15 is 0 Å². The molecular weight excluding hydrogens is 248 g/mol. The number of anilines is 1. The number of nitrogens with two attached hydrogens (primary N) is 1. The highest BCUT2D eigenvalue weighted by atomic mass is 32.2. The van der Waals surface area contributed by atoms with Gasteiger partial charge >= 0.3 is 0 Å². The topological polar surface area (TPSA) is 72.2 Å². The minimum atomic E-state index is -3.25. The SMILES string of the molecule is CC(N)c1cccc(NS(=O)(=O)C2CCCC2)c1. The normalized spacial score (nSPS) is 18.8. The van der Waals surface area contributed by atoms with Crippen LogP contribution in [0.3, 0.4) is 0 Å². The van der Waals surface area contributed by atoms with Gasteiger partial charge < -0.3 is 5.73 Å². The van der Waals surface area contributed by atoms with Crippen LogP contribution in [0.25, 0.3) is 0 Å². The molecule has 18 heavy (non-hydrogen) atoms. The van der Waals surface area contributed by atoms with Gasteiger partial charge in [0.05, 0.1) is 5.25 Å². The Morgan fingerprint density at radius 1 is 1.33 bits per heavy atom. The monoisotopic (exact) mass is 268 g/mol. The van der Waals surface area contributed by atoms with Crippen LogP contribution in [0, 0.1) is 0 Å². The first-order valence-electron chi connectivity index (χ1n) is 6.36. The van der Waals surface area contributed by atoms with E-state index in [-0.39, 0.29) is 11.3 Å². The Balaban J connectivity index is 2.15. The van der Waals surface area contributed by atoms with Crippen LogP contribution in [0.4, 0.5) is 5.69 Å². The molecule has 1 aromatic carbocycles. The first-order valence-corrected chi connectivity index (χ1v) is 7.91. The maximum atomic E-state index is 12.1. The molecule has 0 amide bonds. The lowest BCUT2D eigenvalue weighted by Crippen LogP contribution is -2.25. The zero-order valence-corrected chi connectivity index (χ0v) is 11.4. The van der Waals surface area contributed by atoms with Gasteiger partial charge in [0.15, 0.2) is 0 Å². The summed E-state index contributed by atoms with van der Waals surface area (Å²) in [6.45, 7) is 1.88. The van der Waals surface area contributed by atoms with E-state index in [0.717, 1.165) is 31.2 Å². The minimum Gasteiger partial charge on any atom is -0.324 e. The average Bonchev–Trinajstić information content (AvgIpc) is 2.82. The second kappa shape index (κ2) is 5.28. The van der Waals surface area contributed by atoms with Crippen molar-refractivity contribution in [1.29, 1.82) is 0 Å². The molecule has 1 atom stereocenters. The molecule has 1 unspecified atom stereocenters. The van der Waals surface area contributed by atoms with Gasteiger partial charge in [-0.05, 0) is 37.5 Å². The van der Waals surface area contributed by atoms with Crippen molar-refractivity contribution >= 4 is 15.7 Å². The maximum absolute atomic E-state index is 12.1. The third-order valence-electron chi connectivity index (χ3n) is 3.41. The molecule has 100 valence electrons. The van der Waals surface area contributed by atoms with Gasteiger partial charge in [-0.25, -0.2) is 8.42 Å². The van der Waals surface area contributed by atoms with Gasteiger partial charge in [-0.3, -0.25) is 4.72 Å². The molecular formula is C13H20N2O2S. The molecule has 0 spiro atoms. The van der Waals surface area contributed by atoms with Crippen LogP contribution < -0.4 is 10.5 Å². The molecule has 0 aromatic heterocycles. The van der Waals surface area contributed by atoms with E-state index in [1.165, 1.54) is 0 Å². The molecule has 3 N–H and O–H groups in total. The van der Waals surface area contributed by atoms with Crippen molar-refractivity contribution in [1.82, 2.24) is 0 Å². The largest absolute Gasteiger partial charge is 0.324 e. The Hall–Kier alpha value is -1.07. The highest BCUT2D eigenvalue weighted by molar-refractivity contribution is 7.93. The van der Waals surface area contributed by atoms with Gasteiger partial charge in [0.1, 0.15) is 0 Å². The smallest absolute Gasteiger partial charge is 0.235 e. The number of hydrogen-bond acceptors (Lipinski definition) is 3. The molecule has 1 aliphatic rings. The fourth-order valence-corrected chi connectivity index (χ4v) is 3.91. The molecule has 0 saturated heterocycles. The Morgan fingerprint density at radius 3 is 2.61 bits per heavy atom. The van der Waals surface area contributed by atoms with Crippen LogP contribution in [-0.4, -0.2) is 13.7 Å². The Kier molecular flexibility index (Phi) is 3.92. The molecule has 2 rings (SSSR count). The lowest BCUT2D eigenvalue weighted by Gasteiger charge is -2.14. The van der Waals surface area contributed by atoms with Gasteiger partial charge in [-0.2, -0.15) is 0 Å². The number of sulfonamides is 1. The van der Waals surface area contributed by atoms with Gasteiger partial charge in [-0.15, -0.1) is 0 Å². The van der Waals surface area contributed by atoms with E-state index in [2.05, 4.69) is 4.72 Å². The van der Waals surface area contributed by atoms with Crippen molar-refractivity contribution in [2.24, 2.45) is 5.73 Å². The predicted octanol–water partition coefficient (Wildman–Crippen LogP) is 2.39. The van der Waals surface area contributed by atoms with Crippen molar-refractivity contribution in [3.63, 3.8) is 0 Å². The van der Waals surface area contributed by atoms with Gasteiger partial charge in [0.25, 0.3) is 0 Å². The summed E-state index contributed by atoms with van der Waals surface area (Å²) in [5, 5.41) is -0.239. The standard InChI is InChI=1S/C13H20N2O2S/c1-10(14)11-5-4-6-12(9-11)15-18(16,17)13-7-2-3-8-13/h4-6,9-10,13,15H,2-3,7-8,14H2,1H3. The van der Waals surface area contributed by atoms with Crippen molar-refractivity contribution in [3.8, 4) is 0 Å². The molecule has 1 aliphatic carbocycles. The number of rotatable bonds is 4. The van der Waals surface area contributed by atoms with E-state index < -0.39 is 10.0 Å². The minimum absolute atomic E-state index is 0.0964. The van der Waals surface area contributed by atoms with Crippen molar-refractivity contribution in [2.75, 3.05) is 4.72 Å². The first-order chi connectivity index (χ1) is 8.49. The number of nitrogens with one attached hydrogen (secondary N) is 1. The van der Waals surface area contributed by atoms with Crippen LogP contribution in [0.5, 0.6) is 0 Å². The Bertz CT molecular complexity index is 505. The molecule has 0 radical (unpaired) electrons. The predicted molar refractivity (Wildman–Crippen MR) is 73.8 cm³/mol. The van der Waals surface area contributed by atoms with Gasteiger partial charge in [-0.1, -0.05) is 25.0 Å². The van der Waals surface area contributed by atoms with Crippen molar-refractivity contribution in [2.45, 2.75) is 43.9 Å². The molecule has 5 heteroatoms. The molecule has 0 aliphatic heterocycles. The van der Waals surface area contributed by atoms with E-state index in [4.69, 9.17) is 5.73 Å². The Labute approximate surface area is 109 Å². The quantitative estimate of drug-likeness (QED) is 0.880. The summed E-state index contributed by atoms with van der Waals surface area (Å²) in [6.07, 6.45) is 3.54. The maximum Gasteiger partial charge on any atom is 0.235 e. The molecule has 0 bridgehead atoms. The molecule has 4 nitrogen and oxygen atoms in total. The lowest BCUT2D eigenvalue weighted by molar-refractivity contribution is 0.585. The second-order valence-corrected chi connectivity index (χ2v) is 6.93. The van der Waals surface area contributed by atoms with Crippen molar-refractivity contribution < 1.29 is 8.42 Å². The van der Waals surface area contributed by atoms with E-state index in [1.807, 2.05) is 19.1 Å². The highest BCUT2D eigenvalue weighted by Crippen LogP contribution is 2.26. The zero-order chi connectivity index (χ0) is 13.2. The van der Waals surface area contributed by atoms with Crippen LogP contribution in [0.15, 0.2) is 24.3 Å². The summed E-state index contributed by atoms with van der Waals surface area (Å²) in [4.78, 5) is 0.